The van der Waals surface area contributed by atoms with E-state index in [1.54, 1.807) is 7.11 Å². The minimum atomic E-state index is -0.556. The van der Waals surface area contributed by atoms with Gasteiger partial charge in [0.15, 0.2) is 0 Å². The van der Waals surface area contributed by atoms with Gasteiger partial charge in [0.2, 0.25) is 0 Å². The molecule has 0 aromatic carbocycles. The summed E-state index contributed by atoms with van der Waals surface area (Å²) in [6.45, 7) is 8.52. The molecule has 0 bridgehead atoms. The number of carbonyl (C=O) groups excluding carboxylic acids is 1. The van der Waals surface area contributed by atoms with E-state index in [0.717, 1.165) is 39.0 Å². The van der Waals surface area contributed by atoms with Gasteiger partial charge < -0.3 is 19.7 Å². The number of methoxy groups -OCH3 is 1. The number of rotatable bonds is 10. The quantitative estimate of drug-likeness (QED) is 0.491. The molecule has 21 heavy (non-hydrogen) atoms. The van der Waals surface area contributed by atoms with Gasteiger partial charge in [0, 0.05) is 13.7 Å². The van der Waals surface area contributed by atoms with Gasteiger partial charge in [-0.15, -0.1) is 0 Å². The van der Waals surface area contributed by atoms with Crippen molar-refractivity contribution >= 4 is 5.97 Å². The lowest BCUT2D eigenvalue weighted by Gasteiger charge is -2.27. The molecule has 0 aliphatic carbocycles. The highest BCUT2D eigenvalue weighted by atomic mass is 16.5. The minimum absolute atomic E-state index is 0.145. The van der Waals surface area contributed by atoms with Crippen molar-refractivity contribution in [1.82, 2.24) is 10.2 Å². The molecule has 2 unspecified atom stereocenters. The number of nitrogens with one attached hydrogen (secondary N) is 1. The molecule has 124 valence electrons. The Labute approximate surface area is 129 Å². The number of carbonyl (C=O) groups is 1. The topological polar surface area (TPSA) is 50.8 Å². The van der Waals surface area contributed by atoms with Crippen LogP contribution in [0.4, 0.5) is 0 Å². The van der Waals surface area contributed by atoms with Gasteiger partial charge in [-0.05, 0) is 65.6 Å². The van der Waals surface area contributed by atoms with Gasteiger partial charge in [-0.2, -0.15) is 0 Å². The van der Waals surface area contributed by atoms with E-state index in [4.69, 9.17) is 9.47 Å². The van der Waals surface area contributed by atoms with Crippen molar-refractivity contribution in [1.29, 1.82) is 0 Å². The largest absolute Gasteiger partial charge is 0.465 e. The van der Waals surface area contributed by atoms with Gasteiger partial charge in [0.05, 0.1) is 13.2 Å². The monoisotopic (exact) mass is 300 g/mol. The number of likely N-dealkylation sites (tertiary alicyclic amines) is 1. The molecule has 1 heterocycles. The second-order valence-electron chi connectivity index (χ2n) is 6.17. The summed E-state index contributed by atoms with van der Waals surface area (Å²) in [5.41, 5.74) is -0.556. The van der Waals surface area contributed by atoms with Crippen LogP contribution in [0.15, 0.2) is 0 Å². The smallest absolute Gasteiger partial charge is 0.326 e. The number of nitrogens with zero attached hydrogens (tertiary/aromatic N) is 1. The van der Waals surface area contributed by atoms with Crippen molar-refractivity contribution < 1.29 is 14.3 Å². The molecule has 0 aromatic heterocycles. The Kier molecular flexibility index (Phi) is 8.22. The summed E-state index contributed by atoms with van der Waals surface area (Å²) in [5.74, 6) is 0.547. The first-order valence-electron chi connectivity index (χ1n) is 8.13. The molecule has 1 fully saturated rings. The number of hydrogen-bond donors (Lipinski definition) is 1. The molecule has 1 aliphatic heterocycles. The van der Waals surface area contributed by atoms with E-state index in [1.165, 1.54) is 13.0 Å². The Balaban J connectivity index is 2.22. The Morgan fingerprint density at radius 1 is 1.43 bits per heavy atom. The predicted octanol–water partition coefficient (Wildman–Crippen LogP) is 1.67. The molecule has 1 N–H and O–H groups in total. The summed E-state index contributed by atoms with van der Waals surface area (Å²) < 4.78 is 10.4. The number of esters is 1. The summed E-state index contributed by atoms with van der Waals surface area (Å²) in [6.07, 6.45) is 4.21. The van der Waals surface area contributed by atoms with Crippen LogP contribution in [0.25, 0.3) is 0 Å². The number of ether oxygens (including phenoxy) is 2. The summed E-state index contributed by atoms with van der Waals surface area (Å²) in [6, 6.07) is 0. The number of likely N-dealkylation sites (N-methyl/N-ethyl adjacent to an activating group) is 1. The van der Waals surface area contributed by atoms with Gasteiger partial charge in [0.25, 0.3) is 0 Å². The summed E-state index contributed by atoms with van der Waals surface area (Å²) in [7, 11) is 3.60. The van der Waals surface area contributed by atoms with Crippen LogP contribution in [0.3, 0.4) is 0 Å². The molecular weight excluding hydrogens is 268 g/mol. The normalized spacial score (nSPS) is 22.2. The van der Waals surface area contributed by atoms with Gasteiger partial charge in [-0.3, -0.25) is 4.79 Å². The minimum Gasteiger partial charge on any atom is -0.465 e. The van der Waals surface area contributed by atoms with Crippen LogP contribution in [0.1, 0.15) is 39.5 Å². The first-order chi connectivity index (χ1) is 10.1. The van der Waals surface area contributed by atoms with E-state index in [9.17, 15) is 4.79 Å². The summed E-state index contributed by atoms with van der Waals surface area (Å²) in [4.78, 5) is 14.5. The highest BCUT2D eigenvalue weighted by Crippen LogP contribution is 2.19. The maximum atomic E-state index is 12.0. The standard InChI is InChI=1S/C16H32N2O3/c1-5-21-15(19)16(2,17-3)9-6-7-10-18-11-8-14(12-18)13-20-4/h14,17H,5-13H2,1-4H3. The molecule has 2 atom stereocenters. The molecular formula is C16H32N2O3. The molecule has 0 radical (unpaired) electrons. The fourth-order valence-corrected chi connectivity index (χ4v) is 2.92. The highest BCUT2D eigenvalue weighted by Gasteiger charge is 2.32. The van der Waals surface area contributed by atoms with E-state index in [0.29, 0.717) is 12.5 Å². The van der Waals surface area contributed by atoms with E-state index in [1.807, 2.05) is 20.9 Å². The van der Waals surface area contributed by atoms with Crippen LogP contribution >= 0.6 is 0 Å². The van der Waals surface area contributed by atoms with Crippen LogP contribution in [-0.2, 0) is 14.3 Å². The van der Waals surface area contributed by atoms with Crippen molar-refractivity contribution in [2.45, 2.75) is 45.1 Å². The first-order valence-corrected chi connectivity index (χ1v) is 8.13. The lowest BCUT2D eigenvalue weighted by atomic mass is 9.95. The van der Waals surface area contributed by atoms with Gasteiger partial charge >= 0.3 is 5.97 Å². The fraction of sp³-hybridized carbons (Fsp3) is 0.938. The number of hydrogen-bond acceptors (Lipinski definition) is 5. The first kappa shape index (κ1) is 18.4. The Morgan fingerprint density at radius 3 is 2.81 bits per heavy atom. The lowest BCUT2D eigenvalue weighted by molar-refractivity contribution is -0.150. The third kappa shape index (κ3) is 5.93. The van der Waals surface area contributed by atoms with Crippen LogP contribution in [-0.4, -0.2) is 63.4 Å². The van der Waals surface area contributed by atoms with E-state index in [-0.39, 0.29) is 5.97 Å². The molecule has 0 amide bonds. The Hall–Kier alpha value is -0.650. The van der Waals surface area contributed by atoms with E-state index >= 15 is 0 Å². The van der Waals surface area contributed by atoms with Crippen molar-refractivity contribution in [2.75, 3.05) is 47.0 Å². The fourth-order valence-electron chi connectivity index (χ4n) is 2.92. The van der Waals surface area contributed by atoms with Gasteiger partial charge in [-0.25, -0.2) is 0 Å². The SMILES string of the molecule is CCOC(=O)C(C)(CCCCN1CCC(COC)C1)NC. The molecule has 1 rings (SSSR count). The van der Waals surface area contributed by atoms with Crippen molar-refractivity contribution in [3.63, 3.8) is 0 Å². The summed E-state index contributed by atoms with van der Waals surface area (Å²) in [5, 5.41) is 3.11. The van der Waals surface area contributed by atoms with Crippen molar-refractivity contribution in [2.24, 2.45) is 5.92 Å². The summed E-state index contributed by atoms with van der Waals surface area (Å²) >= 11 is 0. The molecule has 1 saturated heterocycles. The Morgan fingerprint density at radius 2 is 2.19 bits per heavy atom. The van der Waals surface area contributed by atoms with Crippen LogP contribution < -0.4 is 5.32 Å². The second-order valence-corrected chi connectivity index (χ2v) is 6.17. The lowest BCUT2D eigenvalue weighted by Crippen LogP contribution is -2.48. The average Bonchev–Trinajstić information content (AvgIpc) is 2.91. The third-order valence-corrected chi connectivity index (χ3v) is 4.45. The van der Waals surface area contributed by atoms with Crippen molar-refractivity contribution in [3.8, 4) is 0 Å². The zero-order valence-corrected chi connectivity index (χ0v) is 14.1. The molecule has 0 spiro atoms. The molecule has 0 aromatic rings. The van der Waals surface area contributed by atoms with E-state index in [2.05, 4.69) is 10.2 Å². The predicted molar refractivity (Wildman–Crippen MR) is 84.4 cm³/mol. The van der Waals surface area contributed by atoms with Crippen LogP contribution in [0.2, 0.25) is 0 Å². The molecule has 5 heteroatoms. The van der Waals surface area contributed by atoms with E-state index < -0.39 is 5.54 Å². The number of unbranched alkanes of at least 4 members (excludes halogenated alkanes) is 1. The van der Waals surface area contributed by atoms with Crippen LogP contribution in [0, 0.1) is 5.92 Å². The van der Waals surface area contributed by atoms with Crippen molar-refractivity contribution in [3.05, 3.63) is 0 Å². The zero-order valence-electron chi connectivity index (χ0n) is 14.1. The van der Waals surface area contributed by atoms with Gasteiger partial charge in [-0.1, -0.05) is 0 Å². The van der Waals surface area contributed by atoms with Crippen LogP contribution in [0.5, 0.6) is 0 Å². The maximum absolute atomic E-state index is 12.0. The molecule has 1 aliphatic rings. The second kappa shape index (κ2) is 9.38. The highest BCUT2D eigenvalue weighted by molar-refractivity contribution is 5.80. The average molecular weight is 300 g/mol. The molecule has 5 nitrogen and oxygen atoms in total. The third-order valence-electron chi connectivity index (χ3n) is 4.45. The zero-order chi connectivity index (χ0) is 15.7. The molecule has 0 saturated carbocycles. The maximum Gasteiger partial charge on any atom is 0.326 e. The van der Waals surface area contributed by atoms with Gasteiger partial charge in [0.1, 0.15) is 5.54 Å². The Bertz CT molecular complexity index is 312.